The molecule has 1 heterocycles. The van der Waals surface area contributed by atoms with E-state index >= 15 is 0 Å². The van der Waals surface area contributed by atoms with Crippen molar-refractivity contribution in [3.63, 3.8) is 0 Å². The molecule has 0 unspecified atom stereocenters. The lowest BCUT2D eigenvalue weighted by molar-refractivity contribution is 1.61. The molecule has 0 spiro atoms. The molecule has 0 N–H and O–H groups in total. The van der Waals surface area contributed by atoms with Crippen molar-refractivity contribution in [2.24, 2.45) is 0 Å². The number of hydrogen-bond donors (Lipinski definition) is 0. The first-order chi connectivity index (χ1) is 26.3. The number of benzene rings is 10. The van der Waals surface area contributed by atoms with Gasteiger partial charge in [-0.25, -0.2) is 0 Å². The largest absolute Gasteiger partial charge is 0.135 e. The van der Waals surface area contributed by atoms with Crippen LogP contribution in [0.1, 0.15) is 0 Å². The standard InChI is InChI=1S/C52H32S/c1-2-15-33(16-3-1)34-17-4-5-18-40(34)50-43-19-6-8-21-45(43)51(46-22-9-7-20-44(46)50)41-28-13-25-36-35(24-12-27-38(36)41)37-26-14-29-42-39(37)31-32-49-52(42)47-23-10-11-30-48(47)53-49/h1-32H. The Kier molecular flexibility index (Phi) is 6.83. The summed E-state index contributed by atoms with van der Waals surface area (Å²) in [7, 11) is 0. The van der Waals surface area contributed by atoms with E-state index in [1.54, 1.807) is 0 Å². The Balaban J connectivity index is 1.18. The molecule has 0 amide bonds. The van der Waals surface area contributed by atoms with E-state index in [0.29, 0.717) is 0 Å². The molecule has 11 aromatic rings. The van der Waals surface area contributed by atoms with Crippen LogP contribution in [0, 0.1) is 0 Å². The summed E-state index contributed by atoms with van der Waals surface area (Å²) < 4.78 is 2.67. The summed E-state index contributed by atoms with van der Waals surface area (Å²) in [4.78, 5) is 0. The highest BCUT2D eigenvalue weighted by molar-refractivity contribution is 7.26. The minimum atomic E-state index is 1.23. The van der Waals surface area contributed by atoms with Crippen LogP contribution in [-0.4, -0.2) is 0 Å². The summed E-state index contributed by atoms with van der Waals surface area (Å²) in [5.41, 5.74) is 10.1. The van der Waals surface area contributed by atoms with Gasteiger partial charge in [0.15, 0.2) is 0 Å². The zero-order chi connectivity index (χ0) is 34.9. The molecule has 0 saturated carbocycles. The van der Waals surface area contributed by atoms with Crippen LogP contribution in [0.3, 0.4) is 0 Å². The maximum absolute atomic E-state index is 2.33. The minimum absolute atomic E-state index is 1.23. The topological polar surface area (TPSA) is 0 Å². The molecule has 0 atom stereocenters. The normalized spacial score (nSPS) is 11.8. The highest BCUT2D eigenvalue weighted by atomic mass is 32.1. The van der Waals surface area contributed by atoms with Crippen molar-refractivity contribution in [2.45, 2.75) is 0 Å². The molecule has 1 aromatic heterocycles. The van der Waals surface area contributed by atoms with Crippen LogP contribution >= 0.6 is 11.3 Å². The second-order valence-electron chi connectivity index (χ2n) is 13.9. The fourth-order valence-corrected chi connectivity index (χ4v) is 9.98. The molecule has 0 aliphatic rings. The predicted molar refractivity (Wildman–Crippen MR) is 231 cm³/mol. The van der Waals surface area contributed by atoms with Gasteiger partial charge in [-0.05, 0) is 99.7 Å². The van der Waals surface area contributed by atoms with Crippen LogP contribution in [0.25, 0.3) is 108 Å². The van der Waals surface area contributed by atoms with Crippen LogP contribution < -0.4 is 0 Å². The van der Waals surface area contributed by atoms with Crippen molar-refractivity contribution >= 4 is 74.6 Å². The Morgan fingerprint density at radius 2 is 0.660 bits per heavy atom. The summed E-state index contributed by atoms with van der Waals surface area (Å²) in [5, 5.41) is 12.9. The first kappa shape index (κ1) is 30.1. The second kappa shape index (κ2) is 12.0. The van der Waals surface area contributed by atoms with E-state index in [4.69, 9.17) is 0 Å². The molecule has 11 rings (SSSR count). The summed E-state index contributed by atoms with van der Waals surface area (Å²) >= 11 is 1.88. The van der Waals surface area contributed by atoms with Gasteiger partial charge in [0.25, 0.3) is 0 Å². The number of thiophene rings is 1. The SMILES string of the molecule is c1ccc(-c2ccccc2-c2c3ccccc3c(-c3cccc4c(-c5cccc6c5ccc5sc7ccccc7c56)cccc34)c3ccccc23)cc1. The van der Waals surface area contributed by atoms with E-state index in [2.05, 4.69) is 194 Å². The maximum Gasteiger partial charge on any atom is 0.0361 e. The summed E-state index contributed by atoms with van der Waals surface area (Å²) in [6.07, 6.45) is 0. The fourth-order valence-electron chi connectivity index (χ4n) is 8.86. The summed E-state index contributed by atoms with van der Waals surface area (Å²) in [6.45, 7) is 0. The van der Waals surface area contributed by atoms with E-state index in [9.17, 15) is 0 Å². The van der Waals surface area contributed by atoms with Crippen molar-refractivity contribution in [1.29, 1.82) is 0 Å². The Bertz CT molecular complexity index is 3160. The average molecular weight is 689 g/mol. The first-order valence-electron chi connectivity index (χ1n) is 18.3. The molecule has 0 bridgehead atoms. The number of hydrogen-bond acceptors (Lipinski definition) is 1. The highest BCUT2D eigenvalue weighted by Gasteiger charge is 2.21. The van der Waals surface area contributed by atoms with Gasteiger partial charge in [-0.3, -0.25) is 0 Å². The Morgan fingerprint density at radius 1 is 0.226 bits per heavy atom. The van der Waals surface area contributed by atoms with Crippen molar-refractivity contribution in [2.75, 3.05) is 0 Å². The molecule has 10 aromatic carbocycles. The lowest BCUT2D eigenvalue weighted by Crippen LogP contribution is -1.93. The molecular weight excluding hydrogens is 657 g/mol. The van der Waals surface area contributed by atoms with Crippen molar-refractivity contribution in [3.05, 3.63) is 194 Å². The monoisotopic (exact) mass is 688 g/mol. The van der Waals surface area contributed by atoms with Gasteiger partial charge < -0.3 is 0 Å². The molecule has 0 nitrogen and oxygen atoms in total. The second-order valence-corrected chi connectivity index (χ2v) is 15.0. The molecule has 0 fully saturated rings. The third-order valence-electron chi connectivity index (χ3n) is 11.1. The van der Waals surface area contributed by atoms with Gasteiger partial charge in [-0.1, -0.05) is 182 Å². The van der Waals surface area contributed by atoms with Crippen LogP contribution in [-0.2, 0) is 0 Å². The molecule has 246 valence electrons. The molecular formula is C52H32S. The van der Waals surface area contributed by atoms with Crippen LogP contribution in [0.15, 0.2) is 194 Å². The quantitative estimate of drug-likeness (QED) is 0.162. The number of rotatable bonds is 4. The third kappa shape index (κ3) is 4.61. The van der Waals surface area contributed by atoms with E-state index < -0.39 is 0 Å². The van der Waals surface area contributed by atoms with Gasteiger partial charge in [0.2, 0.25) is 0 Å². The van der Waals surface area contributed by atoms with E-state index in [1.165, 1.54) is 108 Å². The van der Waals surface area contributed by atoms with Crippen LogP contribution in [0.4, 0.5) is 0 Å². The van der Waals surface area contributed by atoms with Crippen LogP contribution in [0.2, 0.25) is 0 Å². The minimum Gasteiger partial charge on any atom is -0.135 e. The Labute approximate surface area is 311 Å². The molecule has 53 heavy (non-hydrogen) atoms. The zero-order valence-corrected chi connectivity index (χ0v) is 29.7. The third-order valence-corrected chi connectivity index (χ3v) is 12.2. The van der Waals surface area contributed by atoms with Gasteiger partial charge in [0.05, 0.1) is 0 Å². The average Bonchev–Trinajstić information content (AvgIpc) is 3.62. The molecule has 0 saturated heterocycles. The van der Waals surface area contributed by atoms with Gasteiger partial charge in [0, 0.05) is 20.2 Å². The molecule has 0 radical (unpaired) electrons. The summed E-state index contributed by atoms with van der Waals surface area (Å²) in [5.74, 6) is 0. The van der Waals surface area contributed by atoms with E-state index in [0.717, 1.165) is 0 Å². The Hall–Kier alpha value is -6.54. The van der Waals surface area contributed by atoms with Gasteiger partial charge >= 0.3 is 0 Å². The van der Waals surface area contributed by atoms with Crippen LogP contribution in [0.5, 0.6) is 0 Å². The van der Waals surface area contributed by atoms with Crippen molar-refractivity contribution < 1.29 is 0 Å². The van der Waals surface area contributed by atoms with Gasteiger partial charge in [0.1, 0.15) is 0 Å². The van der Waals surface area contributed by atoms with E-state index in [1.807, 2.05) is 11.3 Å². The van der Waals surface area contributed by atoms with Crippen molar-refractivity contribution in [1.82, 2.24) is 0 Å². The molecule has 0 aliphatic heterocycles. The Morgan fingerprint density at radius 3 is 1.32 bits per heavy atom. The smallest absolute Gasteiger partial charge is 0.0361 e. The number of fused-ring (bicyclic) bond motifs is 8. The highest BCUT2D eigenvalue weighted by Crippen LogP contribution is 2.48. The fraction of sp³-hybridized carbons (Fsp3) is 0. The molecule has 0 aliphatic carbocycles. The van der Waals surface area contributed by atoms with Gasteiger partial charge in [-0.15, -0.1) is 11.3 Å². The predicted octanol–water partition coefficient (Wildman–Crippen LogP) is 15.3. The molecule has 1 heteroatoms. The van der Waals surface area contributed by atoms with Gasteiger partial charge in [-0.2, -0.15) is 0 Å². The first-order valence-corrected chi connectivity index (χ1v) is 19.1. The van der Waals surface area contributed by atoms with E-state index in [-0.39, 0.29) is 0 Å². The maximum atomic E-state index is 2.33. The van der Waals surface area contributed by atoms with Crippen molar-refractivity contribution in [3.8, 4) is 44.5 Å². The zero-order valence-electron chi connectivity index (χ0n) is 28.9. The lowest BCUT2D eigenvalue weighted by atomic mass is 9.82. The summed E-state index contributed by atoms with van der Waals surface area (Å²) in [6, 6.07) is 71.7. The lowest BCUT2D eigenvalue weighted by Gasteiger charge is -2.21.